The van der Waals surface area contributed by atoms with Crippen molar-refractivity contribution in [2.45, 2.75) is 25.8 Å². The van der Waals surface area contributed by atoms with Crippen LogP contribution >= 0.6 is 23.2 Å². The molecule has 1 saturated heterocycles. The second kappa shape index (κ2) is 6.11. The number of pyridine rings is 1. The van der Waals surface area contributed by atoms with Gasteiger partial charge in [0.15, 0.2) is 5.65 Å². The molecular weight excluding hydrogens is 307 g/mol. The lowest BCUT2D eigenvalue weighted by Gasteiger charge is -2.36. The Balaban J connectivity index is 2.08. The van der Waals surface area contributed by atoms with E-state index in [1.165, 1.54) is 0 Å². The molecule has 3 heterocycles. The number of hydrogen-bond donors (Lipinski definition) is 0. The molecule has 1 aliphatic heterocycles. The van der Waals surface area contributed by atoms with Gasteiger partial charge in [0.05, 0.1) is 5.02 Å². The minimum absolute atomic E-state index is 0.429. The fourth-order valence-corrected chi connectivity index (χ4v) is 3.66. The highest BCUT2D eigenvalue weighted by Crippen LogP contribution is 2.32. The van der Waals surface area contributed by atoms with E-state index in [9.17, 15) is 0 Å². The Kier molecular flexibility index (Phi) is 4.38. The first kappa shape index (κ1) is 15.1. The van der Waals surface area contributed by atoms with Crippen LogP contribution in [0.15, 0.2) is 12.3 Å². The van der Waals surface area contributed by atoms with E-state index in [0.29, 0.717) is 22.9 Å². The van der Waals surface area contributed by atoms with Gasteiger partial charge in [0.2, 0.25) is 0 Å². The van der Waals surface area contributed by atoms with E-state index >= 15 is 0 Å². The summed E-state index contributed by atoms with van der Waals surface area (Å²) >= 11 is 12.0. The summed E-state index contributed by atoms with van der Waals surface area (Å²) < 4.78 is 2.30. The molecule has 0 N–H and O–H groups in total. The molecule has 1 fully saturated rings. The molecule has 0 amide bonds. The summed E-state index contributed by atoms with van der Waals surface area (Å²) in [6.45, 7) is 4.49. The molecule has 1 aliphatic rings. The van der Waals surface area contributed by atoms with Gasteiger partial charge in [-0.1, -0.05) is 18.5 Å². The highest BCUT2D eigenvalue weighted by molar-refractivity contribution is 6.31. The monoisotopic (exact) mass is 326 g/mol. The van der Waals surface area contributed by atoms with E-state index in [2.05, 4.69) is 28.4 Å². The number of likely N-dealkylation sites (tertiary alicyclic amines) is 1. The number of rotatable bonds is 3. The summed E-state index contributed by atoms with van der Waals surface area (Å²) in [6, 6.07) is 2.32. The molecule has 21 heavy (non-hydrogen) atoms. The third-order valence-corrected chi connectivity index (χ3v) is 4.68. The van der Waals surface area contributed by atoms with Crippen LogP contribution in [0.3, 0.4) is 0 Å². The van der Waals surface area contributed by atoms with E-state index in [4.69, 9.17) is 28.2 Å². The van der Waals surface area contributed by atoms with Crippen LogP contribution in [-0.2, 0) is 6.42 Å². The first-order valence-corrected chi connectivity index (χ1v) is 8.28. The van der Waals surface area contributed by atoms with Crippen molar-refractivity contribution in [1.29, 1.82) is 0 Å². The van der Waals surface area contributed by atoms with Gasteiger partial charge in [-0.3, -0.25) is 0 Å². The Hall–Kier alpha value is -0.840. The summed E-state index contributed by atoms with van der Waals surface area (Å²) in [7, 11) is 2.18. The zero-order valence-electron chi connectivity index (χ0n) is 12.4. The molecule has 0 saturated carbocycles. The molecule has 2 aromatic rings. The SMILES string of the molecule is CC1CN(C)CCC1n1c(CCCl)nc2cc(Cl)cnc21. The van der Waals surface area contributed by atoms with Gasteiger partial charge in [0, 0.05) is 31.1 Å². The molecule has 2 aromatic heterocycles. The van der Waals surface area contributed by atoms with Crippen molar-refractivity contribution in [2.24, 2.45) is 5.92 Å². The van der Waals surface area contributed by atoms with Crippen LogP contribution in [0.25, 0.3) is 11.2 Å². The van der Waals surface area contributed by atoms with E-state index < -0.39 is 0 Å². The van der Waals surface area contributed by atoms with Crippen LogP contribution in [0.4, 0.5) is 0 Å². The Labute approximate surface area is 135 Å². The molecule has 0 aliphatic carbocycles. The van der Waals surface area contributed by atoms with Gasteiger partial charge in [-0.2, -0.15) is 0 Å². The molecule has 6 heteroatoms. The van der Waals surface area contributed by atoms with Gasteiger partial charge in [0.1, 0.15) is 11.3 Å². The molecule has 0 aromatic carbocycles. The van der Waals surface area contributed by atoms with Crippen LogP contribution in [0.2, 0.25) is 5.02 Å². The number of hydrogen-bond acceptors (Lipinski definition) is 3. The second-order valence-corrected chi connectivity index (χ2v) is 6.74. The maximum absolute atomic E-state index is 6.05. The van der Waals surface area contributed by atoms with Gasteiger partial charge in [0.25, 0.3) is 0 Å². The quantitative estimate of drug-likeness (QED) is 0.811. The lowest BCUT2D eigenvalue weighted by molar-refractivity contribution is 0.159. The number of alkyl halides is 1. The normalized spacial score (nSPS) is 23.8. The Morgan fingerprint density at radius 2 is 2.24 bits per heavy atom. The van der Waals surface area contributed by atoms with E-state index in [0.717, 1.165) is 42.9 Å². The maximum Gasteiger partial charge on any atom is 0.160 e. The van der Waals surface area contributed by atoms with Crippen LogP contribution in [0, 0.1) is 5.92 Å². The third kappa shape index (κ3) is 2.89. The van der Waals surface area contributed by atoms with Crippen LogP contribution in [0.1, 0.15) is 25.2 Å². The number of imidazole rings is 1. The zero-order chi connectivity index (χ0) is 15.0. The molecule has 2 atom stereocenters. The standard InChI is InChI=1S/C15H20Cl2N4/c1-10-9-20(2)6-4-13(10)21-14(3-5-16)19-12-7-11(17)8-18-15(12)21/h7-8,10,13H,3-6,9H2,1-2H3. The van der Waals surface area contributed by atoms with Crippen molar-refractivity contribution in [3.05, 3.63) is 23.1 Å². The summed E-state index contributed by atoms with van der Waals surface area (Å²) in [5.41, 5.74) is 1.80. The van der Waals surface area contributed by atoms with Gasteiger partial charge in [-0.15, -0.1) is 11.6 Å². The first-order chi connectivity index (χ1) is 10.1. The maximum atomic E-state index is 6.05. The predicted octanol–water partition coefficient (Wildman–Crippen LogP) is 3.38. The average molecular weight is 327 g/mol. The number of piperidine rings is 1. The van der Waals surface area contributed by atoms with Crippen molar-refractivity contribution in [3.8, 4) is 0 Å². The van der Waals surface area contributed by atoms with Gasteiger partial charge >= 0.3 is 0 Å². The fraction of sp³-hybridized carbons (Fsp3) is 0.600. The van der Waals surface area contributed by atoms with Crippen LogP contribution in [-0.4, -0.2) is 45.5 Å². The van der Waals surface area contributed by atoms with Gasteiger partial charge in [-0.05, 0) is 32.0 Å². The van der Waals surface area contributed by atoms with Crippen molar-refractivity contribution in [2.75, 3.05) is 26.0 Å². The number of aromatic nitrogens is 3. The summed E-state index contributed by atoms with van der Waals surface area (Å²) in [6.07, 6.45) is 3.57. The zero-order valence-corrected chi connectivity index (χ0v) is 13.9. The molecule has 3 rings (SSSR count). The summed E-state index contributed by atoms with van der Waals surface area (Å²) in [5, 5.41) is 0.626. The summed E-state index contributed by atoms with van der Waals surface area (Å²) in [5.74, 6) is 2.15. The molecule has 0 spiro atoms. The average Bonchev–Trinajstić information content (AvgIpc) is 2.76. The van der Waals surface area contributed by atoms with Crippen LogP contribution in [0.5, 0.6) is 0 Å². The minimum atomic E-state index is 0.429. The number of halogens is 2. The van der Waals surface area contributed by atoms with E-state index in [1.54, 1.807) is 6.20 Å². The van der Waals surface area contributed by atoms with E-state index in [1.807, 2.05) is 6.07 Å². The lowest BCUT2D eigenvalue weighted by atomic mass is 9.93. The Morgan fingerprint density at radius 3 is 2.95 bits per heavy atom. The van der Waals surface area contributed by atoms with Crippen LogP contribution < -0.4 is 0 Å². The first-order valence-electron chi connectivity index (χ1n) is 7.37. The van der Waals surface area contributed by atoms with Gasteiger partial charge in [-0.25, -0.2) is 9.97 Å². The molecule has 114 valence electrons. The van der Waals surface area contributed by atoms with Crippen molar-refractivity contribution < 1.29 is 0 Å². The molecule has 0 bridgehead atoms. The Morgan fingerprint density at radius 1 is 1.43 bits per heavy atom. The van der Waals surface area contributed by atoms with Gasteiger partial charge < -0.3 is 9.47 Å². The Bertz CT molecular complexity index is 640. The molecule has 0 radical (unpaired) electrons. The number of fused-ring (bicyclic) bond motifs is 1. The number of aryl methyl sites for hydroxylation is 1. The number of nitrogens with zero attached hydrogens (tertiary/aromatic N) is 4. The minimum Gasteiger partial charge on any atom is -0.309 e. The second-order valence-electron chi connectivity index (χ2n) is 5.93. The fourth-order valence-electron chi connectivity index (χ4n) is 3.34. The van der Waals surface area contributed by atoms with E-state index in [-0.39, 0.29) is 0 Å². The topological polar surface area (TPSA) is 34.0 Å². The predicted molar refractivity (Wildman–Crippen MR) is 87.3 cm³/mol. The molecule has 2 unspecified atom stereocenters. The smallest absolute Gasteiger partial charge is 0.160 e. The third-order valence-electron chi connectivity index (χ3n) is 4.28. The molecule has 4 nitrogen and oxygen atoms in total. The lowest BCUT2D eigenvalue weighted by Crippen LogP contribution is -2.38. The largest absolute Gasteiger partial charge is 0.309 e. The van der Waals surface area contributed by atoms with Crippen molar-refractivity contribution in [1.82, 2.24) is 19.4 Å². The highest BCUT2D eigenvalue weighted by Gasteiger charge is 2.29. The highest BCUT2D eigenvalue weighted by atomic mass is 35.5. The van der Waals surface area contributed by atoms with Crippen molar-refractivity contribution >= 4 is 34.4 Å². The summed E-state index contributed by atoms with van der Waals surface area (Å²) in [4.78, 5) is 11.6. The van der Waals surface area contributed by atoms with Crippen molar-refractivity contribution in [3.63, 3.8) is 0 Å². The molecular formula is C15H20Cl2N4.